The Labute approximate surface area is 228 Å². The van der Waals surface area contributed by atoms with Gasteiger partial charge in [-0.1, -0.05) is 20.8 Å². The number of benzene rings is 1. The van der Waals surface area contributed by atoms with E-state index in [1.165, 1.54) is 12.1 Å². The molecular weight excluding hydrogens is 532 g/mol. The van der Waals surface area contributed by atoms with Gasteiger partial charge in [-0.2, -0.15) is 0 Å². The minimum absolute atomic E-state index is 0.0374. The molecule has 1 saturated heterocycles. The van der Waals surface area contributed by atoms with Crippen molar-refractivity contribution in [2.45, 2.75) is 77.2 Å². The Morgan fingerprint density at radius 2 is 1.46 bits per heavy atom. The molecule has 0 amide bonds. The summed E-state index contributed by atoms with van der Waals surface area (Å²) in [5.74, 6) is -8.36. The molecule has 2 rings (SSSR count). The van der Waals surface area contributed by atoms with Crippen LogP contribution in [0.5, 0.6) is 11.5 Å². The standard InChI is InChI=1S/C26H38O12Si/c1-26(2,3)39(5,6)36-13-14-7-8-15(9-19(14)27)37-25-18(12-22(32)33)16(10-20(28)29)17(11-21(30)31)23(38-25)24(34)35-4/h7-9,16-18,23,25,27H,10-13H2,1-6H3,(H,28,29)(H,30,31)(H,32,33)/t16-,17-,18+,23-,25+/m0/s1. The van der Waals surface area contributed by atoms with Crippen LogP contribution in [0.2, 0.25) is 18.1 Å². The lowest BCUT2D eigenvalue weighted by Crippen LogP contribution is -2.54. The van der Waals surface area contributed by atoms with Gasteiger partial charge in [0.2, 0.25) is 6.29 Å². The second kappa shape index (κ2) is 12.8. The summed E-state index contributed by atoms with van der Waals surface area (Å²) in [5.41, 5.74) is 0.497. The van der Waals surface area contributed by atoms with Crippen molar-refractivity contribution in [1.29, 1.82) is 0 Å². The first kappa shape index (κ1) is 32.1. The van der Waals surface area contributed by atoms with Gasteiger partial charge in [0.1, 0.15) is 11.5 Å². The zero-order chi connectivity index (χ0) is 29.7. The Morgan fingerprint density at radius 1 is 0.923 bits per heavy atom. The van der Waals surface area contributed by atoms with Crippen molar-refractivity contribution in [3.63, 3.8) is 0 Å². The fraction of sp³-hybridized carbons (Fsp3) is 0.615. The first-order valence-corrected chi connectivity index (χ1v) is 15.4. The number of esters is 1. The molecule has 4 N–H and O–H groups in total. The van der Waals surface area contributed by atoms with Crippen molar-refractivity contribution >= 4 is 32.2 Å². The van der Waals surface area contributed by atoms with Crippen molar-refractivity contribution in [2.75, 3.05) is 7.11 Å². The zero-order valence-corrected chi connectivity index (χ0v) is 24.0. The normalized spacial score (nSPS) is 23.6. The van der Waals surface area contributed by atoms with Crippen LogP contribution in [0, 0.1) is 17.8 Å². The molecule has 0 unspecified atom stereocenters. The average molecular weight is 571 g/mol. The minimum atomic E-state index is -2.10. The van der Waals surface area contributed by atoms with Crippen molar-refractivity contribution < 1.29 is 58.2 Å². The van der Waals surface area contributed by atoms with Crippen LogP contribution in [0.1, 0.15) is 45.6 Å². The van der Waals surface area contributed by atoms with E-state index >= 15 is 0 Å². The molecule has 0 aliphatic carbocycles. The van der Waals surface area contributed by atoms with E-state index in [-0.39, 0.29) is 23.1 Å². The molecule has 0 radical (unpaired) electrons. The van der Waals surface area contributed by atoms with Crippen molar-refractivity contribution in [3.8, 4) is 11.5 Å². The molecule has 1 aliphatic rings. The number of carbonyl (C=O) groups is 4. The van der Waals surface area contributed by atoms with E-state index in [1.54, 1.807) is 6.07 Å². The summed E-state index contributed by atoms with van der Waals surface area (Å²) >= 11 is 0. The molecule has 13 heteroatoms. The Hall–Kier alpha value is -3.16. The van der Waals surface area contributed by atoms with Crippen LogP contribution < -0.4 is 4.74 Å². The molecule has 0 aromatic heterocycles. The van der Waals surface area contributed by atoms with Crippen molar-refractivity contribution in [3.05, 3.63) is 23.8 Å². The molecule has 12 nitrogen and oxygen atoms in total. The third kappa shape index (κ3) is 8.41. The van der Waals surface area contributed by atoms with Crippen LogP contribution in [-0.2, 0) is 39.7 Å². The number of methoxy groups -OCH3 is 1. The molecule has 0 spiro atoms. The smallest absolute Gasteiger partial charge is 0.335 e. The highest BCUT2D eigenvalue weighted by Crippen LogP contribution is 2.43. The summed E-state index contributed by atoms with van der Waals surface area (Å²) < 4.78 is 22.5. The SMILES string of the molecule is COC(=O)[C@H]1O[C@@H](Oc2ccc(CO[Si](C)(C)C(C)(C)C)c(O)c2)[C@H](CC(=O)O)[C@@H](CC(=O)O)[C@@H]1CC(=O)O. The van der Waals surface area contributed by atoms with E-state index < -0.39 is 81.6 Å². The molecule has 218 valence electrons. The fourth-order valence-corrected chi connectivity index (χ4v) is 5.26. The molecule has 1 fully saturated rings. The maximum absolute atomic E-state index is 12.5. The number of carboxylic acid groups (broad SMARTS) is 3. The monoisotopic (exact) mass is 570 g/mol. The second-order valence-corrected chi connectivity index (χ2v) is 16.0. The van der Waals surface area contributed by atoms with Crippen LogP contribution in [-0.4, -0.2) is 72.1 Å². The predicted molar refractivity (Wildman–Crippen MR) is 139 cm³/mol. The average Bonchev–Trinajstić information content (AvgIpc) is 2.80. The highest BCUT2D eigenvalue weighted by Gasteiger charge is 2.51. The van der Waals surface area contributed by atoms with Crippen LogP contribution in [0.15, 0.2) is 18.2 Å². The van der Waals surface area contributed by atoms with Crippen LogP contribution in [0.4, 0.5) is 0 Å². The molecule has 1 aromatic carbocycles. The zero-order valence-electron chi connectivity index (χ0n) is 23.0. The second-order valence-electron chi connectivity index (χ2n) is 11.2. The lowest BCUT2D eigenvalue weighted by atomic mass is 9.71. The van der Waals surface area contributed by atoms with Gasteiger partial charge in [-0.15, -0.1) is 0 Å². The van der Waals surface area contributed by atoms with E-state index in [0.717, 1.165) is 7.11 Å². The maximum Gasteiger partial charge on any atom is 0.335 e. The van der Waals surface area contributed by atoms with Gasteiger partial charge in [0.05, 0.1) is 26.6 Å². The number of phenolic OH excluding ortho intramolecular Hbond substituents is 1. The Balaban J connectivity index is 2.40. The first-order chi connectivity index (χ1) is 18.0. The summed E-state index contributed by atoms with van der Waals surface area (Å²) in [7, 11) is -1.03. The van der Waals surface area contributed by atoms with Gasteiger partial charge >= 0.3 is 23.9 Å². The Bertz CT molecular complexity index is 1060. The summed E-state index contributed by atoms with van der Waals surface area (Å²) in [5, 5.41) is 39.1. The lowest BCUT2D eigenvalue weighted by molar-refractivity contribution is -0.233. The van der Waals surface area contributed by atoms with Gasteiger partial charge in [0.15, 0.2) is 14.4 Å². The number of aliphatic carboxylic acids is 3. The lowest BCUT2D eigenvalue weighted by Gasteiger charge is -2.44. The topological polar surface area (TPSA) is 186 Å². The van der Waals surface area contributed by atoms with Gasteiger partial charge in [0, 0.05) is 29.9 Å². The number of ether oxygens (including phenoxy) is 3. The number of aromatic hydroxyl groups is 1. The number of carboxylic acids is 3. The fourth-order valence-electron chi connectivity index (χ4n) is 4.31. The quantitative estimate of drug-likeness (QED) is 0.212. The van der Waals surface area contributed by atoms with Gasteiger partial charge in [0.25, 0.3) is 0 Å². The number of hydrogen-bond donors (Lipinski definition) is 4. The maximum atomic E-state index is 12.5. The molecule has 0 bridgehead atoms. The summed E-state index contributed by atoms with van der Waals surface area (Å²) in [4.78, 5) is 47.5. The largest absolute Gasteiger partial charge is 0.507 e. The Morgan fingerprint density at radius 3 is 1.95 bits per heavy atom. The molecule has 1 heterocycles. The molecular formula is C26H38O12Si. The summed E-state index contributed by atoms with van der Waals surface area (Å²) in [6.45, 7) is 10.6. The number of hydrogen-bond acceptors (Lipinski definition) is 9. The van der Waals surface area contributed by atoms with E-state index in [9.17, 15) is 39.6 Å². The molecule has 1 aromatic rings. The van der Waals surface area contributed by atoms with Crippen LogP contribution in [0.3, 0.4) is 0 Å². The van der Waals surface area contributed by atoms with E-state index in [0.29, 0.717) is 5.56 Å². The van der Waals surface area contributed by atoms with E-state index in [2.05, 4.69) is 33.9 Å². The van der Waals surface area contributed by atoms with Crippen LogP contribution in [0.25, 0.3) is 0 Å². The van der Waals surface area contributed by atoms with E-state index in [4.69, 9.17) is 18.6 Å². The molecule has 0 saturated carbocycles. The van der Waals surface area contributed by atoms with E-state index in [1.807, 2.05) is 0 Å². The Kier molecular flexibility index (Phi) is 10.5. The first-order valence-electron chi connectivity index (χ1n) is 12.5. The summed E-state index contributed by atoms with van der Waals surface area (Å²) in [6.07, 6.45) is -4.85. The number of rotatable bonds is 12. The highest BCUT2D eigenvalue weighted by atomic mass is 28.4. The molecule has 39 heavy (non-hydrogen) atoms. The third-order valence-corrected chi connectivity index (χ3v) is 12.0. The van der Waals surface area contributed by atoms with Crippen molar-refractivity contribution in [1.82, 2.24) is 0 Å². The highest BCUT2D eigenvalue weighted by molar-refractivity contribution is 6.74. The number of carbonyl (C=O) groups excluding carboxylic acids is 1. The predicted octanol–water partition coefficient (Wildman–Crippen LogP) is 3.46. The van der Waals surface area contributed by atoms with Gasteiger partial charge in [-0.3, -0.25) is 14.4 Å². The summed E-state index contributed by atoms with van der Waals surface area (Å²) in [6, 6.07) is 4.37. The van der Waals surface area contributed by atoms with Gasteiger partial charge < -0.3 is 39.1 Å². The third-order valence-electron chi connectivity index (χ3n) is 7.49. The van der Waals surface area contributed by atoms with Crippen LogP contribution >= 0.6 is 0 Å². The van der Waals surface area contributed by atoms with Gasteiger partial charge in [-0.25, -0.2) is 4.79 Å². The van der Waals surface area contributed by atoms with Gasteiger partial charge in [-0.05, 0) is 36.2 Å². The van der Waals surface area contributed by atoms with Crippen molar-refractivity contribution in [2.24, 2.45) is 17.8 Å². The molecule has 1 aliphatic heterocycles. The number of phenols is 1. The minimum Gasteiger partial charge on any atom is -0.507 e. The molecule has 5 atom stereocenters.